The van der Waals surface area contributed by atoms with Crippen molar-refractivity contribution in [2.45, 2.75) is 20.4 Å². The van der Waals surface area contributed by atoms with Gasteiger partial charge in [0.1, 0.15) is 4.83 Å². The van der Waals surface area contributed by atoms with Gasteiger partial charge in [0.25, 0.3) is 5.56 Å². The van der Waals surface area contributed by atoms with Crippen LogP contribution in [0.2, 0.25) is 0 Å². The summed E-state index contributed by atoms with van der Waals surface area (Å²) in [4.78, 5) is 26.7. The zero-order valence-electron chi connectivity index (χ0n) is 16.0. The van der Waals surface area contributed by atoms with Crippen molar-refractivity contribution < 1.29 is 9.47 Å². The van der Waals surface area contributed by atoms with E-state index in [-0.39, 0.29) is 11.2 Å². The highest BCUT2D eigenvalue weighted by Gasteiger charge is 2.16. The van der Waals surface area contributed by atoms with Gasteiger partial charge >= 0.3 is 5.69 Å². The molecule has 27 heavy (non-hydrogen) atoms. The third-order valence-corrected chi connectivity index (χ3v) is 5.93. The third-order valence-electron chi connectivity index (χ3n) is 4.60. The van der Waals surface area contributed by atoms with Crippen LogP contribution in [0.15, 0.2) is 27.8 Å². The zero-order chi connectivity index (χ0) is 19.7. The van der Waals surface area contributed by atoms with Crippen molar-refractivity contribution in [2.75, 3.05) is 14.2 Å². The van der Waals surface area contributed by atoms with Gasteiger partial charge in [-0.1, -0.05) is 12.1 Å². The lowest BCUT2D eigenvalue weighted by Crippen LogP contribution is -2.38. The van der Waals surface area contributed by atoms with Crippen LogP contribution < -0.4 is 20.7 Å². The summed E-state index contributed by atoms with van der Waals surface area (Å²) >= 11 is 1.44. The maximum absolute atomic E-state index is 12.7. The van der Waals surface area contributed by atoms with Crippen LogP contribution in [-0.4, -0.2) is 23.4 Å². The van der Waals surface area contributed by atoms with E-state index < -0.39 is 0 Å². The third kappa shape index (κ3) is 3.19. The highest BCUT2D eigenvalue weighted by Crippen LogP contribution is 2.31. The standard InChI is InChI=1S/C20H22N2O4S/c1-6-22-18(23)17-12(2)16(27-19(17)21(3)20(22)24)10-8-13-7-9-14(25-4)15(11-13)26-5/h7-11H,6H2,1-5H3/b10-8+. The molecule has 0 N–H and O–H groups in total. The first-order valence-corrected chi connectivity index (χ1v) is 9.37. The normalized spacial score (nSPS) is 11.4. The molecule has 0 amide bonds. The van der Waals surface area contributed by atoms with Crippen LogP contribution in [0.25, 0.3) is 22.4 Å². The van der Waals surface area contributed by atoms with Crippen LogP contribution >= 0.6 is 11.3 Å². The highest BCUT2D eigenvalue weighted by atomic mass is 32.1. The summed E-state index contributed by atoms with van der Waals surface area (Å²) < 4.78 is 13.4. The molecule has 2 aromatic heterocycles. The summed E-state index contributed by atoms with van der Waals surface area (Å²) in [5.41, 5.74) is 1.32. The average molecular weight is 386 g/mol. The minimum atomic E-state index is -0.285. The lowest BCUT2D eigenvalue weighted by molar-refractivity contribution is 0.355. The second kappa shape index (κ2) is 7.44. The number of methoxy groups -OCH3 is 2. The molecule has 6 nitrogen and oxygen atoms in total. The lowest BCUT2D eigenvalue weighted by Gasteiger charge is -2.07. The van der Waals surface area contributed by atoms with Crippen molar-refractivity contribution in [1.82, 2.24) is 9.13 Å². The fraction of sp³-hybridized carbons (Fsp3) is 0.300. The van der Waals surface area contributed by atoms with E-state index in [1.807, 2.05) is 37.3 Å². The van der Waals surface area contributed by atoms with Crippen LogP contribution in [-0.2, 0) is 13.6 Å². The van der Waals surface area contributed by atoms with Crippen molar-refractivity contribution in [1.29, 1.82) is 0 Å². The number of hydrogen-bond acceptors (Lipinski definition) is 5. The Kier molecular flexibility index (Phi) is 5.23. The molecule has 0 spiro atoms. The molecule has 2 heterocycles. The van der Waals surface area contributed by atoms with Crippen molar-refractivity contribution in [3.8, 4) is 11.5 Å². The van der Waals surface area contributed by atoms with E-state index in [1.165, 1.54) is 15.9 Å². The summed E-state index contributed by atoms with van der Waals surface area (Å²) in [5, 5.41) is 0.607. The zero-order valence-corrected chi connectivity index (χ0v) is 16.8. The average Bonchev–Trinajstić information content (AvgIpc) is 3.01. The minimum Gasteiger partial charge on any atom is -0.493 e. The van der Waals surface area contributed by atoms with Crippen molar-refractivity contribution in [3.63, 3.8) is 0 Å². The highest BCUT2D eigenvalue weighted by molar-refractivity contribution is 7.19. The van der Waals surface area contributed by atoms with Gasteiger partial charge in [-0.05, 0) is 43.2 Å². The number of rotatable bonds is 5. The molecule has 3 rings (SSSR count). The van der Waals surface area contributed by atoms with E-state index in [1.54, 1.807) is 32.8 Å². The van der Waals surface area contributed by atoms with Crippen molar-refractivity contribution >= 4 is 33.7 Å². The number of thiophene rings is 1. The maximum atomic E-state index is 12.7. The molecular formula is C20H22N2O4S. The number of hydrogen-bond donors (Lipinski definition) is 0. The molecule has 142 valence electrons. The van der Waals surface area contributed by atoms with E-state index in [0.717, 1.165) is 16.0 Å². The maximum Gasteiger partial charge on any atom is 0.331 e. The van der Waals surface area contributed by atoms with Gasteiger partial charge in [0.15, 0.2) is 11.5 Å². The predicted molar refractivity (Wildman–Crippen MR) is 110 cm³/mol. The molecule has 0 unspecified atom stereocenters. The Morgan fingerprint density at radius 2 is 1.81 bits per heavy atom. The Labute approximate surface area is 160 Å². The first kappa shape index (κ1) is 19.0. The molecule has 0 bridgehead atoms. The topological polar surface area (TPSA) is 62.5 Å². The molecule has 0 saturated heterocycles. The molecule has 1 aromatic carbocycles. The van der Waals surface area contributed by atoms with E-state index in [9.17, 15) is 9.59 Å². The summed E-state index contributed by atoms with van der Waals surface area (Å²) in [6.45, 7) is 4.07. The van der Waals surface area contributed by atoms with Gasteiger partial charge in [0.2, 0.25) is 0 Å². The second-order valence-corrected chi connectivity index (χ2v) is 7.14. The number of aryl methyl sites for hydroxylation is 2. The van der Waals surface area contributed by atoms with Crippen LogP contribution in [0.5, 0.6) is 11.5 Å². The second-order valence-electron chi connectivity index (χ2n) is 6.11. The van der Waals surface area contributed by atoms with E-state index in [0.29, 0.717) is 28.3 Å². The quantitative estimate of drug-likeness (QED) is 0.675. The number of ether oxygens (including phenoxy) is 2. The van der Waals surface area contributed by atoms with Crippen molar-refractivity contribution in [2.24, 2.45) is 7.05 Å². The Balaban J connectivity index is 2.11. The summed E-state index contributed by atoms with van der Waals surface area (Å²) in [5.74, 6) is 1.32. The molecule has 0 saturated carbocycles. The van der Waals surface area contributed by atoms with E-state index in [2.05, 4.69) is 0 Å². The SMILES string of the molecule is CCn1c(=O)c2c(C)c(/C=C/c3ccc(OC)c(OC)c3)sc2n(C)c1=O. The molecule has 0 radical (unpaired) electrons. The molecule has 0 atom stereocenters. The van der Waals surface area contributed by atoms with Gasteiger partial charge in [-0.25, -0.2) is 4.79 Å². The fourth-order valence-electron chi connectivity index (χ4n) is 3.06. The summed E-state index contributed by atoms with van der Waals surface area (Å²) in [6, 6.07) is 5.66. The first-order chi connectivity index (χ1) is 12.9. The molecule has 0 aliphatic rings. The fourth-order valence-corrected chi connectivity index (χ4v) is 4.22. The van der Waals surface area contributed by atoms with Gasteiger partial charge in [0, 0.05) is 18.5 Å². The van der Waals surface area contributed by atoms with Gasteiger partial charge < -0.3 is 9.47 Å². The van der Waals surface area contributed by atoms with E-state index in [4.69, 9.17) is 9.47 Å². The van der Waals surface area contributed by atoms with Gasteiger partial charge in [-0.2, -0.15) is 0 Å². The Morgan fingerprint density at radius 1 is 1.11 bits per heavy atom. The molecular weight excluding hydrogens is 364 g/mol. The minimum absolute atomic E-state index is 0.227. The molecule has 0 aliphatic carbocycles. The van der Waals surface area contributed by atoms with Gasteiger partial charge in [0.05, 0.1) is 19.6 Å². The number of fused-ring (bicyclic) bond motifs is 1. The van der Waals surface area contributed by atoms with Gasteiger partial charge in [-0.3, -0.25) is 13.9 Å². The molecule has 7 heteroatoms. The number of aromatic nitrogens is 2. The molecule has 0 aliphatic heterocycles. The van der Waals surface area contributed by atoms with Gasteiger partial charge in [-0.15, -0.1) is 11.3 Å². The number of benzene rings is 1. The Bertz CT molecular complexity index is 1150. The van der Waals surface area contributed by atoms with Crippen LogP contribution in [0, 0.1) is 6.92 Å². The molecule has 0 fully saturated rings. The monoisotopic (exact) mass is 386 g/mol. The smallest absolute Gasteiger partial charge is 0.331 e. The Morgan fingerprint density at radius 3 is 2.44 bits per heavy atom. The number of nitrogens with zero attached hydrogens (tertiary/aromatic N) is 2. The molecule has 3 aromatic rings. The lowest BCUT2D eigenvalue weighted by atomic mass is 10.1. The van der Waals surface area contributed by atoms with Crippen LogP contribution in [0.3, 0.4) is 0 Å². The first-order valence-electron chi connectivity index (χ1n) is 8.55. The predicted octanol–water partition coefficient (Wildman–Crippen LogP) is 3.28. The van der Waals surface area contributed by atoms with Crippen LogP contribution in [0.1, 0.15) is 22.9 Å². The Hall–Kier alpha value is -2.80. The van der Waals surface area contributed by atoms with E-state index >= 15 is 0 Å². The van der Waals surface area contributed by atoms with Crippen molar-refractivity contribution in [3.05, 3.63) is 55.0 Å². The van der Waals surface area contributed by atoms with Crippen LogP contribution in [0.4, 0.5) is 0 Å². The summed E-state index contributed by atoms with van der Waals surface area (Å²) in [7, 11) is 4.90. The summed E-state index contributed by atoms with van der Waals surface area (Å²) in [6.07, 6.45) is 3.91. The largest absolute Gasteiger partial charge is 0.493 e.